The Morgan fingerprint density at radius 3 is 2.57 bits per heavy atom. The van der Waals surface area contributed by atoms with Gasteiger partial charge in [0.15, 0.2) is 15.0 Å². The van der Waals surface area contributed by atoms with Gasteiger partial charge in [-0.3, -0.25) is 4.79 Å². The van der Waals surface area contributed by atoms with Crippen LogP contribution in [0.5, 0.6) is 0 Å². The van der Waals surface area contributed by atoms with Gasteiger partial charge in [0.25, 0.3) is 5.91 Å². The molecule has 0 aromatic heterocycles. The van der Waals surface area contributed by atoms with Crippen LogP contribution in [0, 0.1) is 0 Å². The standard InChI is InChI=1S/C20H19ClN2O3S2/c21-16-9-5-4-8-15(16)11-23-17-12-28(25,26)13-18(17)27-20(23)22-19(24)10-14-6-2-1-3-7-14/h1-9,17-18H,10-13H2/t17-,18-/m0/s1. The number of thioether (sulfide) groups is 1. The SMILES string of the molecule is O=C(Cc1ccccc1)N=C1S[C@H]2CS(=O)(=O)C[C@@H]2N1Cc1ccccc1Cl. The monoisotopic (exact) mass is 434 g/mol. The van der Waals surface area contributed by atoms with Crippen molar-refractivity contribution in [2.45, 2.75) is 24.3 Å². The van der Waals surface area contributed by atoms with Gasteiger partial charge in [-0.2, -0.15) is 4.99 Å². The predicted octanol–water partition coefficient (Wildman–Crippen LogP) is 3.18. The topological polar surface area (TPSA) is 66.8 Å². The molecule has 2 aromatic rings. The largest absolute Gasteiger partial charge is 0.342 e. The van der Waals surface area contributed by atoms with Gasteiger partial charge in [0.05, 0.1) is 24.0 Å². The summed E-state index contributed by atoms with van der Waals surface area (Å²) in [5.74, 6) is -0.0328. The predicted molar refractivity (Wildman–Crippen MR) is 113 cm³/mol. The van der Waals surface area contributed by atoms with Crippen LogP contribution in [0.25, 0.3) is 0 Å². The summed E-state index contributed by atoms with van der Waals surface area (Å²) in [7, 11) is -3.08. The molecule has 1 amide bonds. The van der Waals surface area contributed by atoms with E-state index in [1.807, 2.05) is 53.4 Å². The molecule has 2 fully saturated rings. The maximum Gasteiger partial charge on any atom is 0.252 e. The summed E-state index contributed by atoms with van der Waals surface area (Å²) < 4.78 is 24.2. The molecular weight excluding hydrogens is 416 g/mol. The van der Waals surface area contributed by atoms with Crippen molar-refractivity contribution in [2.75, 3.05) is 11.5 Å². The van der Waals surface area contributed by atoms with Crippen molar-refractivity contribution < 1.29 is 13.2 Å². The van der Waals surface area contributed by atoms with Crippen molar-refractivity contribution in [3.05, 3.63) is 70.7 Å². The number of halogens is 1. The highest BCUT2D eigenvalue weighted by Crippen LogP contribution is 2.39. The first-order valence-electron chi connectivity index (χ1n) is 8.94. The second kappa shape index (κ2) is 7.89. The molecule has 2 aliphatic heterocycles. The Labute approximate surface area is 173 Å². The van der Waals surface area contributed by atoms with E-state index in [-0.39, 0.29) is 35.1 Å². The zero-order valence-corrected chi connectivity index (χ0v) is 17.4. The third-order valence-electron chi connectivity index (χ3n) is 4.89. The summed E-state index contributed by atoms with van der Waals surface area (Å²) in [5.41, 5.74) is 1.79. The summed E-state index contributed by atoms with van der Waals surface area (Å²) in [6, 6.07) is 16.7. The van der Waals surface area contributed by atoms with E-state index < -0.39 is 9.84 Å². The first kappa shape index (κ1) is 19.5. The van der Waals surface area contributed by atoms with E-state index in [1.165, 1.54) is 11.8 Å². The Hall–Kier alpha value is -1.83. The molecule has 0 N–H and O–H groups in total. The minimum Gasteiger partial charge on any atom is -0.342 e. The van der Waals surface area contributed by atoms with Gasteiger partial charge < -0.3 is 4.90 Å². The molecule has 0 unspecified atom stereocenters. The fraction of sp³-hybridized carbons (Fsp3) is 0.300. The fourth-order valence-corrected chi connectivity index (χ4v) is 7.71. The normalized spacial score (nSPS) is 24.5. The summed E-state index contributed by atoms with van der Waals surface area (Å²) in [5, 5.41) is 1.10. The van der Waals surface area contributed by atoms with E-state index in [9.17, 15) is 13.2 Å². The summed E-state index contributed by atoms with van der Waals surface area (Å²) in [4.78, 5) is 18.8. The van der Waals surface area contributed by atoms with Gasteiger partial charge >= 0.3 is 0 Å². The third kappa shape index (κ3) is 4.26. The first-order chi connectivity index (χ1) is 13.4. The highest BCUT2D eigenvalue weighted by Gasteiger charge is 2.48. The van der Waals surface area contributed by atoms with Crippen LogP contribution in [0.2, 0.25) is 5.02 Å². The number of rotatable bonds is 4. The van der Waals surface area contributed by atoms with Crippen molar-refractivity contribution >= 4 is 44.3 Å². The number of benzene rings is 2. The van der Waals surface area contributed by atoms with Gasteiger partial charge in [-0.05, 0) is 17.2 Å². The maximum atomic E-state index is 12.5. The van der Waals surface area contributed by atoms with Crippen LogP contribution < -0.4 is 0 Å². The summed E-state index contributed by atoms with van der Waals surface area (Å²) in [6.07, 6.45) is 0.221. The lowest BCUT2D eigenvalue weighted by molar-refractivity contribution is -0.117. The van der Waals surface area contributed by atoms with Crippen LogP contribution in [-0.2, 0) is 27.6 Å². The highest BCUT2D eigenvalue weighted by atomic mass is 35.5. The van der Waals surface area contributed by atoms with E-state index in [4.69, 9.17) is 11.6 Å². The van der Waals surface area contributed by atoms with Crippen LogP contribution >= 0.6 is 23.4 Å². The van der Waals surface area contributed by atoms with Crippen molar-refractivity contribution in [2.24, 2.45) is 4.99 Å². The minimum atomic E-state index is -3.08. The second-order valence-corrected chi connectivity index (χ2v) is 10.7. The van der Waals surface area contributed by atoms with E-state index in [0.717, 1.165) is 11.1 Å². The van der Waals surface area contributed by atoms with E-state index in [2.05, 4.69) is 4.99 Å². The molecule has 4 rings (SSSR count). The molecule has 0 radical (unpaired) electrons. The molecule has 2 saturated heterocycles. The minimum absolute atomic E-state index is 0.0843. The number of sulfone groups is 1. The zero-order chi connectivity index (χ0) is 19.7. The molecule has 2 aromatic carbocycles. The molecule has 2 atom stereocenters. The van der Waals surface area contributed by atoms with Crippen LogP contribution in [0.4, 0.5) is 0 Å². The average molecular weight is 435 g/mol. The molecule has 146 valence electrons. The molecule has 2 heterocycles. The lowest BCUT2D eigenvalue weighted by Gasteiger charge is -2.25. The van der Waals surface area contributed by atoms with Gasteiger partial charge in [0.1, 0.15) is 0 Å². The van der Waals surface area contributed by atoms with Crippen LogP contribution in [0.1, 0.15) is 11.1 Å². The number of amidine groups is 1. The van der Waals surface area contributed by atoms with Gasteiger partial charge in [-0.15, -0.1) is 0 Å². The van der Waals surface area contributed by atoms with Crippen LogP contribution in [-0.4, -0.2) is 47.2 Å². The molecule has 0 bridgehead atoms. The van der Waals surface area contributed by atoms with Gasteiger partial charge in [-0.25, -0.2) is 8.42 Å². The van der Waals surface area contributed by atoms with E-state index in [1.54, 1.807) is 6.07 Å². The Balaban J connectivity index is 1.60. The molecule has 0 spiro atoms. The van der Waals surface area contributed by atoms with Gasteiger partial charge in [0, 0.05) is 16.8 Å². The number of carbonyl (C=O) groups is 1. The zero-order valence-electron chi connectivity index (χ0n) is 15.0. The van der Waals surface area contributed by atoms with Crippen molar-refractivity contribution in [1.29, 1.82) is 0 Å². The number of aliphatic imine (C=N–C) groups is 1. The Morgan fingerprint density at radius 1 is 1.11 bits per heavy atom. The smallest absolute Gasteiger partial charge is 0.252 e. The second-order valence-electron chi connectivity index (χ2n) is 6.97. The first-order valence-corrected chi connectivity index (χ1v) is 12.0. The summed E-state index contributed by atoms with van der Waals surface area (Å²) >= 11 is 7.69. The molecule has 8 heteroatoms. The molecule has 28 heavy (non-hydrogen) atoms. The summed E-state index contributed by atoms with van der Waals surface area (Å²) in [6.45, 7) is 0.431. The third-order valence-corrected chi connectivity index (χ3v) is 8.51. The number of hydrogen-bond donors (Lipinski definition) is 0. The van der Waals surface area contributed by atoms with Crippen molar-refractivity contribution in [3.63, 3.8) is 0 Å². The quantitative estimate of drug-likeness (QED) is 0.739. The molecule has 0 saturated carbocycles. The molecular formula is C20H19ClN2O3S2. The molecule has 5 nitrogen and oxygen atoms in total. The lowest BCUT2D eigenvalue weighted by atomic mass is 10.1. The Kier molecular flexibility index (Phi) is 5.49. The average Bonchev–Trinajstić information content (AvgIpc) is 3.10. The number of fused-ring (bicyclic) bond motifs is 1. The van der Waals surface area contributed by atoms with Gasteiger partial charge in [-0.1, -0.05) is 71.9 Å². The van der Waals surface area contributed by atoms with Crippen molar-refractivity contribution in [1.82, 2.24) is 4.90 Å². The number of hydrogen-bond acceptors (Lipinski definition) is 4. The number of amides is 1. The molecule has 0 aliphatic carbocycles. The van der Waals surface area contributed by atoms with E-state index >= 15 is 0 Å². The van der Waals surface area contributed by atoms with Crippen LogP contribution in [0.15, 0.2) is 59.6 Å². The maximum absolute atomic E-state index is 12.5. The Morgan fingerprint density at radius 2 is 1.82 bits per heavy atom. The highest BCUT2D eigenvalue weighted by molar-refractivity contribution is 8.15. The molecule has 2 aliphatic rings. The van der Waals surface area contributed by atoms with Gasteiger partial charge in [0.2, 0.25) is 0 Å². The van der Waals surface area contributed by atoms with E-state index in [0.29, 0.717) is 16.7 Å². The van der Waals surface area contributed by atoms with Crippen molar-refractivity contribution in [3.8, 4) is 0 Å². The lowest BCUT2D eigenvalue weighted by Crippen LogP contribution is -2.37. The van der Waals surface area contributed by atoms with Crippen LogP contribution in [0.3, 0.4) is 0 Å². The number of carbonyl (C=O) groups excluding carboxylic acids is 1. The Bertz CT molecular complexity index is 1020. The number of nitrogens with zero attached hydrogens (tertiary/aromatic N) is 2. The fourth-order valence-electron chi connectivity index (χ4n) is 3.55.